The molecule has 4 nitrogen and oxygen atoms in total. The van der Waals surface area contributed by atoms with E-state index in [1.165, 1.54) is 6.33 Å². The van der Waals surface area contributed by atoms with Crippen LogP contribution in [-0.2, 0) is 4.79 Å². The standard InChI is InChI=1S/C16H15Cl2N3O/c17-11-3-2-10-14(13(11)18)19-9-20-15(10)21-7-4-12(22)16(8-21)5-1-6-16/h2-3,9H,1,4-8H2. The second kappa shape index (κ2) is 5.07. The Labute approximate surface area is 138 Å². The Balaban J connectivity index is 1.78. The van der Waals surface area contributed by atoms with Gasteiger partial charge in [-0.15, -0.1) is 0 Å². The number of hydrogen-bond acceptors (Lipinski definition) is 4. The van der Waals surface area contributed by atoms with Gasteiger partial charge in [0.1, 0.15) is 17.9 Å². The first-order chi connectivity index (χ1) is 10.6. The summed E-state index contributed by atoms with van der Waals surface area (Å²) in [4.78, 5) is 23.2. The molecule has 0 N–H and O–H groups in total. The van der Waals surface area contributed by atoms with Crippen LogP contribution in [0.25, 0.3) is 10.9 Å². The molecule has 4 rings (SSSR count). The first kappa shape index (κ1) is 14.2. The lowest BCUT2D eigenvalue weighted by molar-refractivity contribution is -0.134. The summed E-state index contributed by atoms with van der Waals surface area (Å²) >= 11 is 12.3. The normalized spacial score (nSPS) is 20.5. The molecule has 2 aromatic rings. The highest BCUT2D eigenvalue weighted by Gasteiger charge is 2.47. The number of ketones is 1. The van der Waals surface area contributed by atoms with Gasteiger partial charge in [-0.25, -0.2) is 9.97 Å². The van der Waals surface area contributed by atoms with Crippen LogP contribution < -0.4 is 4.90 Å². The predicted octanol–water partition coefficient (Wildman–Crippen LogP) is 3.89. The number of anilines is 1. The van der Waals surface area contributed by atoms with Crippen molar-refractivity contribution in [1.29, 1.82) is 0 Å². The fourth-order valence-electron chi connectivity index (χ4n) is 3.56. The minimum Gasteiger partial charge on any atom is -0.355 e. The Hall–Kier alpha value is -1.39. The Morgan fingerprint density at radius 3 is 2.73 bits per heavy atom. The molecule has 1 aliphatic heterocycles. The fourth-order valence-corrected chi connectivity index (χ4v) is 3.93. The minimum atomic E-state index is -0.147. The highest BCUT2D eigenvalue weighted by Crippen LogP contribution is 2.46. The van der Waals surface area contributed by atoms with E-state index in [9.17, 15) is 4.79 Å². The second-order valence-corrected chi connectivity index (χ2v) is 6.97. The number of nitrogens with zero attached hydrogens (tertiary/aromatic N) is 3. The molecule has 1 saturated carbocycles. The number of carbonyl (C=O) groups excluding carboxylic acids is 1. The molecule has 1 aliphatic carbocycles. The molecule has 1 saturated heterocycles. The number of piperidine rings is 1. The summed E-state index contributed by atoms with van der Waals surface area (Å²) in [6, 6.07) is 3.68. The predicted molar refractivity (Wildman–Crippen MR) is 87.7 cm³/mol. The number of Topliss-reactive ketones (excluding diaryl/α,β-unsaturated/α-hetero) is 1. The Morgan fingerprint density at radius 1 is 1.18 bits per heavy atom. The molecule has 0 atom stereocenters. The largest absolute Gasteiger partial charge is 0.355 e. The maximum absolute atomic E-state index is 12.2. The van der Waals surface area contributed by atoms with E-state index in [4.69, 9.17) is 23.2 Å². The topological polar surface area (TPSA) is 46.1 Å². The molecule has 1 aromatic carbocycles. The van der Waals surface area contributed by atoms with Gasteiger partial charge >= 0.3 is 0 Å². The van der Waals surface area contributed by atoms with E-state index in [1.807, 2.05) is 6.07 Å². The van der Waals surface area contributed by atoms with Crippen LogP contribution in [0.15, 0.2) is 18.5 Å². The van der Waals surface area contributed by atoms with Crippen molar-refractivity contribution in [2.45, 2.75) is 25.7 Å². The highest BCUT2D eigenvalue weighted by atomic mass is 35.5. The van der Waals surface area contributed by atoms with Crippen LogP contribution in [0.2, 0.25) is 10.0 Å². The van der Waals surface area contributed by atoms with Crippen LogP contribution in [0.3, 0.4) is 0 Å². The number of fused-ring (bicyclic) bond motifs is 1. The van der Waals surface area contributed by atoms with E-state index in [-0.39, 0.29) is 5.41 Å². The molecule has 2 aliphatic rings. The summed E-state index contributed by atoms with van der Waals surface area (Å²) in [5.41, 5.74) is 0.518. The molecule has 22 heavy (non-hydrogen) atoms. The second-order valence-electron chi connectivity index (χ2n) is 6.18. The van der Waals surface area contributed by atoms with E-state index in [2.05, 4.69) is 14.9 Å². The molecular formula is C16H15Cl2N3O. The monoisotopic (exact) mass is 335 g/mol. The summed E-state index contributed by atoms with van der Waals surface area (Å²) in [7, 11) is 0. The molecule has 114 valence electrons. The summed E-state index contributed by atoms with van der Waals surface area (Å²) in [5.74, 6) is 1.26. The number of rotatable bonds is 1. The SMILES string of the molecule is O=C1CCN(c2ncnc3c(Cl)c(Cl)ccc23)CC12CCC2. The van der Waals surface area contributed by atoms with Gasteiger partial charge in [-0.2, -0.15) is 0 Å². The van der Waals surface area contributed by atoms with Crippen LogP contribution in [0.5, 0.6) is 0 Å². The summed E-state index contributed by atoms with van der Waals surface area (Å²) < 4.78 is 0. The zero-order valence-electron chi connectivity index (χ0n) is 12.0. The lowest BCUT2D eigenvalue weighted by atomic mass is 9.63. The van der Waals surface area contributed by atoms with Crippen molar-refractivity contribution in [3.63, 3.8) is 0 Å². The maximum Gasteiger partial charge on any atom is 0.142 e. The summed E-state index contributed by atoms with van der Waals surface area (Å²) in [6.07, 6.45) is 5.25. The van der Waals surface area contributed by atoms with Crippen LogP contribution in [0, 0.1) is 5.41 Å². The van der Waals surface area contributed by atoms with Crippen LogP contribution in [0.4, 0.5) is 5.82 Å². The zero-order chi connectivity index (χ0) is 15.3. The van der Waals surface area contributed by atoms with Crippen LogP contribution in [0.1, 0.15) is 25.7 Å². The van der Waals surface area contributed by atoms with E-state index < -0.39 is 0 Å². The zero-order valence-corrected chi connectivity index (χ0v) is 13.5. The molecule has 0 amide bonds. The van der Waals surface area contributed by atoms with Gasteiger partial charge in [-0.05, 0) is 25.0 Å². The fraction of sp³-hybridized carbons (Fsp3) is 0.438. The van der Waals surface area contributed by atoms with Crippen molar-refractivity contribution >= 4 is 45.7 Å². The van der Waals surface area contributed by atoms with Gasteiger partial charge in [0.05, 0.1) is 15.6 Å². The van der Waals surface area contributed by atoms with Crippen LogP contribution in [-0.4, -0.2) is 28.8 Å². The molecule has 0 unspecified atom stereocenters. The van der Waals surface area contributed by atoms with Crippen molar-refractivity contribution < 1.29 is 4.79 Å². The van der Waals surface area contributed by atoms with Gasteiger partial charge in [-0.1, -0.05) is 29.6 Å². The quantitative estimate of drug-likeness (QED) is 0.793. The van der Waals surface area contributed by atoms with E-state index in [0.717, 1.165) is 37.0 Å². The van der Waals surface area contributed by atoms with Gasteiger partial charge in [0.2, 0.25) is 0 Å². The molecule has 2 fully saturated rings. The molecule has 1 spiro atoms. The van der Waals surface area contributed by atoms with E-state index in [0.29, 0.717) is 34.3 Å². The lowest BCUT2D eigenvalue weighted by Gasteiger charge is -2.47. The molecular weight excluding hydrogens is 321 g/mol. The number of hydrogen-bond donors (Lipinski definition) is 0. The Bertz CT molecular complexity index is 773. The molecule has 1 aromatic heterocycles. The smallest absolute Gasteiger partial charge is 0.142 e. The molecule has 6 heteroatoms. The van der Waals surface area contributed by atoms with E-state index >= 15 is 0 Å². The minimum absolute atomic E-state index is 0.147. The number of halogens is 2. The van der Waals surface area contributed by atoms with Gasteiger partial charge in [0.15, 0.2) is 0 Å². The summed E-state index contributed by atoms with van der Waals surface area (Å²) in [5, 5.41) is 1.83. The van der Waals surface area contributed by atoms with Crippen LogP contribution >= 0.6 is 23.2 Å². The summed E-state index contributed by atoms with van der Waals surface area (Å²) in [6.45, 7) is 1.45. The van der Waals surface area contributed by atoms with E-state index in [1.54, 1.807) is 6.07 Å². The van der Waals surface area contributed by atoms with Crippen molar-refractivity contribution in [3.05, 3.63) is 28.5 Å². The Kier molecular flexibility index (Phi) is 3.27. The number of aromatic nitrogens is 2. The van der Waals surface area contributed by atoms with Gasteiger partial charge < -0.3 is 4.90 Å². The van der Waals surface area contributed by atoms with Crippen molar-refractivity contribution in [2.24, 2.45) is 5.41 Å². The maximum atomic E-state index is 12.2. The number of benzene rings is 1. The Morgan fingerprint density at radius 2 is 2.00 bits per heavy atom. The third-order valence-electron chi connectivity index (χ3n) is 4.98. The number of carbonyl (C=O) groups is 1. The van der Waals surface area contributed by atoms with Gasteiger partial charge in [-0.3, -0.25) is 4.79 Å². The average molecular weight is 336 g/mol. The first-order valence-corrected chi connectivity index (χ1v) is 8.23. The van der Waals surface area contributed by atoms with Gasteiger partial charge in [0, 0.05) is 30.3 Å². The molecule has 0 radical (unpaired) electrons. The third kappa shape index (κ3) is 2.01. The van der Waals surface area contributed by atoms with Gasteiger partial charge in [0.25, 0.3) is 0 Å². The highest BCUT2D eigenvalue weighted by molar-refractivity contribution is 6.45. The third-order valence-corrected chi connectivity index (χ3v) is 5.78. The molecule has 2 heterocycles. The van der Waals surface area contributed by atoms with Crippen molar-refractivity contribution in [1.82, 2.24) is 9.97 Å². The lowest BCUT2D eigenvalue weighted by Crippen LogP contribution is -2.53. The van der Waals surface area contributed by atoms with Crippen molar-refractivity contribution in [2.75, 3.05) is 18.0 Å². The van der Waals surface area contributed by atoms with Crippen molar-refractivity contribution in [3.8, 4) is 0 Å². The average Bonchev–Trinajstić information content (AvgIpc) is 2.49. The first-order valence-electron chi connectivity index (χ1n) is 7.48. The molecule has 0 bridgehead atoms.